The van der Waals surface area contributed by atoms with Crippen LogP contribution in [0.2, 0.25) is 0 Å². The molecule has 1 rings (SSSR count). The van der Waals surface area contributed by atoms with Crippen molar-refractivity contribution in [3.05, 3.63) is 0 Å². The molecule has 1 aliphatic rings. The molecule has 0 aromatic rings. The van der Waals surface area contributed by atoms with Crippen molar-refractivity contribution < 1.29 is 8.42 Å². The standard InChI is InChI=1S/C9H19NO2S/c1-3-8(13(11,12)4-2)9(10)7-5-6-7/h7-9H,3-6,10H2,1-2H3/t8-,9+/m0/s1. The molecule has 2 N–H and O–H groups in total. The Morgan fingerprint density at radius 3 is 2.23 bits per heavy atom. The van der Waals surface area contributed by atoms with E-state index in [1.54, 1.807) is 6.92 Å². The van der Waals surface area contributed by atoms with Gasteiger partial charge in [0.2, 0.25) is 0 Å². The minimum Gasteiger partial charge on any atom is -0.326 e. The number of rotatable bonds is 5. The van der Waals surface area contributed by atoms with Gasteiger partial charge in [0.25, 0.3) is 0 Å². The van der Waals surface area contributed by atoms with Crippen LogP contribution in [0.15, 0.2) is 0 Å². The topological polar surface area (TPSA) is 60.2 Å². The molecule has 3 nitrogen and oxygen atoms in total. The van der Waals surface area contributed by atoms with Crippen LogP contribution in [-0.2, 0) is 9.84 Å². The molecule has 0 spiro atoms. The lowest BCUT2D eigenvalue weighted by molar-refractivity contribution is 0.509. The fourth-order valence-electron chi connectivity index (χ4n) is 1.76. The van der Waals surface area contributed by atoms with Gasteiger partial charge in [0.05, 0.1) is 5.25 Å². The predicted molar refractivity (Wildman–Crippen MR) is 54.2 cm³/mol. The zero-order chi connectivity index (χ0) is 10.1. The van der Waals surface area contributed by atoms with Gasteiger partial charge in [-0.3, -0.25) is 0 Å². The van der Waals surface area contributed by atoms with E-state index in [4.69, 9.17) is 5.73 Å². The summed E-state index contributed by atoms with van der Waals surface area (Å²) < 4.78 is 23.2. The van der Waals surface area contributed by atoms with Crippen molar-refractivity contribution >= 4 is 9.84 Å². The van der Waals surface area contributed by atoms with Gasteiger partial charge in [-0.05, 0) is 25.2 Å². The van der Waals surface area contributed by atoms with Gasteiger partial charge in [-0.15, -0.1) is 0 Å². The number of hydrogen-bond acceptors (Lipinski definition) is 3. The van der Waals surface area contributed by atoms with E-state index in [-0.39, 0.29) is 17.0 Å². The molecule has 0 bridgehead atoms. The van der Waals surface area contributed by atoms with Crippen LogP contribution < -0.4 is 5.73 Å². The first kappa shape index (κ1) is 11.0. The van der Waals surface area contributed by atoms with E-state index in [2.05, 4.69) is 0 Å². The normalized spacial score (nSPS) is 22.7. The van der Waals surface area contributed by atoms with Gasteiger partial charge in [-0.25, -0.2) is 8.42 Å². The smallest absolute Gasteiger partial charge is 0.154 e. The van der Waals surface area contributed by atoms with E-state index in [0.717, 1.165) is 12.8 Å². The van der Waals surface area contributed by atoms with Crippen molar-refractivity contribution in [3.8, 4) is 0 Å². The zero-order valence-corrected chi connectivity index (χ0v) is 9.18. The summed E-state index contributed by atoms with van der Waals surface area (Å²) in [7, 11) is -2.94. The van der Waals surface area contributed by atoms with E-state index in [1.807, 2.05) is 6.92 Å². The Morgan fingerprint density at radius 2 is 1.92 bits per heavy atom. The SMILES string of the molecule is CC[C@@H]([C@H](N)C1CC1)S(=O)(=O)CC. The molecule has 78 valence electrons. The van der Waals surface area contributed by atoms with Gasteiger partial charge in [0.15, 0.2) is 9.84 Å². The highest BCUT2D eigenvalue weighted by Crippen LogP contribution is 2.35. The van der Waals surface area contributed by atoms with Crippen LogP contribution in [-0.4, -0.2) is 25.5 Å². The lowest BCUT2D eigenvalue weighted by Gasteiger charge is -2.21. The molecule has 0 unspecified atom stereocenters. The number of hydrogen-bond donors (Lipinski definition) is 1. The molecule has 0 aromatic heterocycles. The van der Waals surface area contributed by atoms with Crippen LogP contribution in [0, 0.1) is 5.92 Å². The summed E-state index contributed by atoms with van der Waals surface area (Å²) in [4.78, 5) is 0. The third-order valence-electron chi connectivity index (χ3n) is 2.86. The monoisotopic (exact) mass is 205 g/mol. The van der Waals surface area contributed by atoms with E-state index in [1.165, 1.54) is 0 Å². The predicted octanol–water partition coefficient (Wildman–Crippen LogP) is 0.937. The Labute approximate surface area is 80.6 Å². The second kappa shape index (κ2) is 3.96. The van der Waals surface area contributed by atoms with Gasteiger partial charge in [-0.1, -0.05) is 13.8 Å². The first-order valence-corrected chi connectivity index (χ1v) is 6.71. The second-order valence-electron chi connectivity index (χ2n) is 3.81. The molecule has 0 amide bonds. The quantitative estimate of drug-likeness (QED) is 0.726. The summed E-state index contributed by atoms with van der Waals surface area (Å²) in [5, 5.41) is -0.315. The fraction of sp³-hybridized carbons (Fsp3) is 1.00. The maximum Gasteiger partial charge on any atom is 0.154 e. The van der Waals surface area contributed by atoms with Crippen LogP contribution in [0.5, 0.6) is 0 Å². The van der Waals surface area contributed by atoms with Crippen molar-refractivity contribution in [2.45, 2.75) is 44.4 Å². The van der Waals surface area contributed by atoms with Gasteiger partial charge in [-0.2, -0.15) is 0 Å². The maximum atomic E-state index is 11.6. The van der Waals surface area contributed by atoms with Crippen molar-refractivity contribution in [1.82, 2.24) is 0 Å². The largest absolute Gasteiger partial charge is 0.326 e. The Hall–Kier alpha value is -0.0900. The Bertz CT molecular complexity index is 257. The molecule has 0 aromatic carbocycles. The third kappa shape index (κ3) is 2.44. The Kier molecular flexibility index (Phi) is 3.35. The van der Waals surface area contributed by atoms with Crippen molar-refractivity contribution in [2.24, 2.45) is 11.7 Å². The second-order valence-corrected chi connectivity index (χ2v) is 6.32. The molecule has 1 fully saturated rings. The van der Waals surface area contributed by atoms with Crippen molar-refractivity contribution in [1.29, 1.82) is 0 Å². The van der Waals surface area contributed by atoms with E-state index >= 15 is 0 Å². The number of sulfone groups is 1. The fourth-order valence-corrected chi connectivity index (χ4v) is 3.40. The highest BCUT2D eigenvalue weighted by atomic mass is 32.2. The lowest BCUT2D eigenvalue weighted by Crippen LogP contribution is -2.42. The van der Waals surface area contributed by atoms with Crippen molar-refractivity contribution in [2.75, 3.05) is 5.75 Å². The van der Waals surface area contributed by atoms with Crippen LogP contribution in [0.1, 0.15) is 33.1 Å². The molecular formula is C9H19NO2S. The molecule has 2 atom stereocenters. The van der Waals surface area contributed by atoms with Crippen LogP contribution in [0.3, 0.4) is 0 Å². The van der Waals surface area contributed by atoms with Gasteiger partial charge >= 0.3 is 0 Å². The highest BCUT2D eigenvalue weighted by Gasteiger charge is 2.38. The number of nitrogens with two attached hydrogens (primary N) is 1. The first-order valence-electron chi connectivity index (χ1n) is 5.00. The Morgan fingerprint density at radius 1 is 1.38 bits per heavy atom. The molecule has 1 saturated carbocycles. The first-order chi connectivity index (χ1) is 6.03. The van der Waals surface area contributed by atoms with E-state index in [0.29, 0.717) is 12.3 Å². The average Bonchev–Trinajstić information content (AvgIpc) is 2.87. The lowest BCUT2D eigenvalue weighted by atomic mass is 10.1. The van der Waals surface area contributed by atoms with Crippen LogP contribution in [0.4, 0.5) is 0 Å². The van der Waals surface area contributed by atoms with Gasteiger partial charge < -0.3 is 5.73 Å². The van der Waals surface area contributed by atoms with Crippen molar-refractivity contribution in [3.63, 3.8) is 0 Å². The molecule has 1 aliphatic carbocycles. The summed E-state index contributed by atoms with van der Waals surface area (Å²) >= 11 is 0. The van der Waals surface area contributed by atoms with E-state index < -0.39 is 9.84 Å². The minimum absolute atomic E-state index is 0.130. The maximum absolute atomic E-state index is 11.6. The summed E-state index contributed by atoms with van der Waals surface area (Å²) in [5.41, 5.74) is 5.92. The summed E-state index contributed by atoms with van der Waals surface area (Å²) in [6.07, 6.45) is 2.86. The molecule has 0 heterocycles. The zero-order valence-electron chi connectivity index (χ0n) is 8.36. The average molecular weight is 205 g/mol. The summed E-state index contributed by atoms with van der Waals surface area (Å²) in [6.45, 7) is 3.59. The van der Waals surface area contributed by atoms with Crippen LogP contribution >= 0.6 is 0 Å². The summed E-state index contributed by atoms with van der Waals surface area (Å²) in [5.74, 6) is 0.678. The molecule has 0 saturated heterocycles. The Balaban J connectivity index is 2.71. The van der Waals surface area contributed by atoms with Crippen LogP contribution in [0.25, 0.3) is 0 Å². The van der Waals surface area contributed by atoms with Gasteiger partial charge in [0, 0.05) is 11.8 Å². The van der Waals surface area contributed by atoms with Gasteiger partial charge in [0.1, 0.15) is 0 Å². The van der Waals surface area contributed by atoms with E-state index in [9.17, 15) is 8.42 Å². The molecular weight excluding hydrogens is 186 g/mol. The minimum atomic E-state index is -2.94. The molecule has 4 heteroatoms. The molecule has 0 aliphatic heterocycles. The highest BCUT2D eigenvalue weighted by molar-refractivity contribution is 7.92. The molecule has 13 heavy (non-hydrogen) atoms. The molecule has 0 radical (unpaired) electrons. The third-order valence-corrected chi connectivity index (χ3v) is 5.24. The summed E-state index contributed by atoms with van der Waals surface area (Å²) in [6, 6.07) is -0.130.